The van der Waals surface area contributed by atoms with E-state index < -0.39 is 0 Å². The Labute approximate surface area is 119 Å². The molecule has 3 rings (SSSR count). The Morgan fingerprint density at radius 1 is 1.40 bits per heavy atom. The molecule has 2 aromatic rings. The third-order valence-corrected chi connectivity index (χ3v) is 3.81. The molecule has 1 aliphatic heterocycles. The van der Waals surface area contributed by atoms with Crippen molar-refractivity contribution in [1.29, 1.82) is 0 Å². The molecule has 0 radical (unpaired) electrons. The van der Waals surface area contributed by atoms with E-state index in [9.17, 15) is 0 Å². The Morgan fingerprint density at radius 2 is 2.30 bits per heavy atom. The third-order valence-electron chi connectivity index (χ3n) is 3.81. The van der Waals surface area contributed by atoms with E-state index in [2.05, 4.69) is 40.2 Å². The first kappa shape index (κ1) is 13.0. The Morgan fingerprint density at radius 3 is 3.10 bits per heavy atom. The van der Waals surface area contributed by atoms with E-state index in [-0.39, 0.29) is 0 Å². The summed E-state index contributed by atoms with van der Waals surface area (Å²) in [5.74, 6) is 0.859. The summed E-state index contributed by atoms with van der Waals surface area (Å²) in [5, 5.41) is 7.96. The monoisotopic (exact) mass is 271 g/mol. The highest BCUT2D eigenvalue weighted by atomic mass is 16.5. The van der Waals surface area contributed by atoms with Gasteiger partial charge in [-0.15, -0.1) is 0 Å². The van der Waals surface area contributed by atoms with E-state index in [1.807, 2.05) is 6.20 Å². The molecule has 0 bridgehead atoms. The van der Waals surface area contributed by atoms with Crippen molar-refractivity contribution in [1.82, 2.24) is 9.78 Å². The summed E-state index contributed by atoms with van der Waals surface area (Å²) < 4.78 is 7.57. The standard InChI is InChI=1S/C16H21N3O/c1-3-10-19-16(15(20-2)11-18-19)13-6-4-8-14-12(13)7-5-9-17-14/h4,6,8,11,17H,3,5,7,9-10H2,1-2H3. The molecule has 0 spiro atoms. The highest BCUT2D eigenvalue weighted by molar-refractivity contribution is 5.76. The Balaban J connectivity index is 2.15. The van der Waals surface area contributed by atoms with Crippen LogP contribution in [0.2, 0.25) is 0 Å². The maximum atomic E-state index is 5.51. The molecule has 1 N–H and O–H groups in total. The number of rotatable bonds is 4. The summed E-state index contributed by atoms with van der Waals surface area (Å²) in [6.45, 7) is 4.14. The number of nitrogens with zero attached hydrogens (tertiary/aromatic N) is 2. The number of aryl methyl sites for hydroxylation is 1. The number of nitrogens with one attached hydrogen (secondary N) is 1. The van der Waals surface area contributed by atoms with Crippen LogP contribution in [0.15, 0.2) is 24.4 Å². The van der Waals surface area contributed by atoms with Crippen LogP contribution in [0.25, 0.3) is 11.3 Å². The molecule has 0 aliphatic carbocycles. The predicted octanol–water partition coefficient (Wildman–Crippen LogP) is 3.33. The number of hydrogen-bond acceptors (Lipinski definition) is 3. The van der Waals surface area contributed by atoms with E-state index in [1.165, 1.54) is 23.2 Å². The largest absolute Gasteiger partial charge is 0.493 e. The SMILES string of the molecule is CCCn1ncc(OC)c1-c1cccc2c1CCCN2. The number of anilines is 1. The Bertz CT molecular complexity index is 604. The third kappa shape index (κ3) is 2.15. The average molecular weight is 271 g/mol. The molecule has 0 unspecified atom stereocenters. The minimum absolute atomic E-state index is 0.859. The minimum atomic E-state index is 0.859. The highest BCUT2D eigenvalue weighted by Crippen LogP contribution is 2.37. The quantitative estimate of drug-likeness (QED) is 0.927. The molecule has 20 heavy (non-hydrogen) atoms. The molecule has 1 aromatic carbocycles. The lowest BCUT2D eigenvalue weighted by Crippen LogP contribution is -2.13. The van der Waals surface area contributed by atoms with Gasteiger partial charge in [-0.2, -0.15) is 5.10 Å². The molecule has 1 aliphatic rings. The molecular weight excluding hydrogens is 250 g/mol. The molecule has 1 aromatic heterocycles. The Kier molecular flexibility index (Phi) is 3.63. The van der Waals surface area contributed by atoms with Gasteiger partial charge in [0.05, 0.1) is 13.3 Å². The summed E-state index contributed by atoms with van der Waals surface area (Å²) in [6.07, 6.45) is 5.17. The van der Waals surface area contributed by atoms with Crippen molar-refractivity contribution in [2.24, 2.45) is 0 Å². The highest BCUT2D eigenvalue weighted by Gasteiger charge is 2.20. The normalized spacial score (nSPS) is 13.7. The van der Waals surface area contributed by atoms with Crippen molar-refractivity contribution < 1.29 is 4.74 Å². The molecule has 2 heterocycles. The first-order valence-electron chi connectivity index (χ1n) is 7.31. The van der Waals surface area contributed by atoms with Crippen LogP contribution < -0.4 is 10.1 Å². The van der Waals surface area contributed by atoms with Gasteiger partial charge >= 0.3 is 0 Å². The van der Waals surface area contributed by atoms with Gasteiger partial charge in [0.1, 0.15) is 5.69 Å². The second kappa shape index (κ2) is 5.57. The first-order chi connectivity index (χ1) is 9.85. The molecule has 0 amide bonds. The van der Waals surface area contributed by atoms with Gasteiger partial charge < -0.3 is 10.1 Å². The lowest BCUT2D eigenvalue weighted by atomic mass is 9.95. The zero-order valence-corrected chi connectivity index (χ0v) is 12.1. The van der Waals surface area contributed by atoms with Crippen LogP contribution in [0.5, 0.6) is 5.75 Å². The Hall–Kier alpha value is -1.97. The summed E-state index contributed by atoms with van der Waals surface area (Å²) >= 11 is 0. The maximum absolute atomic E-state index is 5.51. The van der Waals surface area contributed by atoms with Crippen molar-refractivity contribution >= 4 is 5.69 Å². The fourth-order valence-corrected chi connectivity index (χ4v) is 2.90. The van der Waals surface area contributed by atoms with E-state index in [0.29, 0.717) is 0 Å². The smallest absolute Gasteiger partial charge is 0.164 e. The van der Waals surface area contributed by atoms with Crippen molar-refractivity contribution in [3.05, 3.63) is 30.0 Å². The van der Waals surface area contributed by atoms with Crippen molar-refractivity contribution in [2.75, 3.05) is 19.0 Å². The molecular formula is C16H21N3O. The second-order valence-electron chi connectivity index (χ2n) is 5.15. The van der Waals surface area contributed by atoms with Gasteiger partial charge in [0.15, 0.2) is 5.75 Å². The lowest BCUT2D eigenvalue weighted by Gasteiger charge is -2.21. The number of aromatic nitrogens is 2. The van der Waals surface area contributed by atoms with Crippen molar-refractivity contribution in [3.63, 3.8) is 0 Å². The van der Waals surface area contributed by atoms with Gasteiger partial charge in [0, 0.05) is 24.3 Å². The zero-order valence-electron chi connectivity index (χ0n) is 12.1. The molecule has 0 fully saturated rings. The zero-order chi connectivity index (χ0) is 13.9. The van der Waals surface area contributed by atoms with Gasteiger partial charge in [-0.3, -0.25) is 4.68 Å². The van der Waals surface area contributed by atoms with E-state index in [1.54, 1.807) is 7.11 Å². The van der Waals surface area contributed by atoms with Gasteiger partial charge in [-0.05, 0) is 30.9 Å². The molecule has 4 nitrogen and oxygen atoms in total. The summed E-state index contributed by atoms with van der Waals surface area (Å²) in [6, 6.07) is 6.44. The van der Waals surface area contributed by atoms with Crippen molar-refractivity contribution in [2.45, 2.75) is 32.7 Å². The fourth-order valence-electron chi connectivity index (χ4n) is 2.90. The molecule has 4 heteroatoms. The van der Waals surface area contributed by atoms with Gasteiger partial charge in [0.25, 0.3) is 0 Å². The van der Waals surface area contributed by atoms with Crippen LogP contribution in [0, 0.1) is 0 Å². The van der Waals surface area contributed by atoms with E-state index in [0.717, 1.165) is 37.4 Å². The van der Waals surface area contributed by atoms with E-state index >= 15 is 0 Å². The average Bonchev–Trinajstić information content (AvgIpc) is 2.90. The van der Waals surface area contributed by atoms with Crippen molar-refractivity contribution in [3.8, 4) is 17.0 Å². The number of methoxy groups -OCH3 is 1. The minimum Gasteiger partial charge on any atom is -0.493 e. The van der Waals surface area contributed by atoms with Gasteiger partial charge in [0.2, 0.25) is 0 Å². The maximum Gasteiger partial charge on any atom is 0.164 e. The van der Waals surface area contributed by atoms with E-state index in [4.69, 9.17) is 4.74 Å². The number of fused-ring (bicyclic) bond motifs is 1. The topological polar surface area (TPSA) is 39.1 Å². The van der Waals surface area contributed by atoms with Crippen LogP contribution in [0.3, 0.4) is 0 Å². The van der Waals surface area contributed by atoms with Crippen LogP contribution in [-0.4, -0.2) is 23.4 Å². The summed E-state index contributed by atoms with van der Waals surface area (Å²) in [7, 11) is 1.71. The molecule has 106 valence electrons. The molecule has 0 saturated carbocycles. The first-order valence-corrected chi connectivity index (χ1v) is 7.31. The number of hydrogen-bond donors (Lipinski definition) is 1. The molecule has 0 atom stereocenters. The summed E-state index contributed by atoms with van der Waals surface area (Å²) in [5.41, 5.74) is 4.99. The number of benzene rings is 1. The van der Waals surface area contributed by atoms with Crippen LogP contribution in [-0.2, 0) is 13.0 Å². The summed E-state index contributed by atoms with van der Waals surface area (Å²) in [4.78, 5) is 0. The van der Waals surface area contributed by atoms with Gasteiger partial charge in [-0.25, -0.2) is 0 Å². The van der Waals surface area contributed by atoms with Crippen LogP contribution in [0.4, 0.5) is 5.69 Å². The van der Waals surface area contributed by atoms with Crippen LogP contribution >= 0.6 is 0 Å². The fraction of sp³-hybridized carbons (Fsp3) is 0.438. The number of ether oxygens (including phenoxy) is 1. The lowest BCUT2D eigenvalue weighted by molar-refractivity contribution is 0.415. The van der Waals surface area contributed by atoms with Gasteiger partial charge in [-0.1, -0.05) is 19.1 Å². The second-order valence-corrected chi connectivity index (χ2v) is 5.15. The van der Waals surface area contributed by atoms with Crippen LogP contribution in [0.1, 0.15) is 25.3 Å². The predicted molar refractivity (Wildman–Crippen MR) is 81.3 cm³/mol. The molecule has 0 saturated heterocycles.